The Morgan fingerprint density at radius 1 is 1.23 bits per heavy atom. The van der Waals surface area contributed by atoms with Gasteiger partial charge < -0.3 is 14.7 Å². The summed E-state index contributed by atoms with van der Waals surface area (Å²) in [4.78, 5) is 22.5. The summed E-state index contributed by atoms with van der Waals surface area (Å²) in [5, 5.41) is 13.1. The van der Waals surface area contributed by atoms with Crippen molar-refractivity contribution in [2.24, 2.45) is 0 Å². The first-order chi connectivity index (χ1) is 12.7. The van der Waals surface area contributed by atoms with E-state index < -0.39 is 0 Å². The van der Waals surface area contributed by atoms with Crippen LogP contribution in [-0.4, -0.2) is 44.3 Å². The highest BCUT2D eigenvalue weighted by Gasteiger charge is 2.12. The molecule has 1 amide bonds. The summed E-state index contributed by atoms with van der Waals surface area (Å²) < 4.78 is 5.12. The molecule has 0 aliphatic heterocycles. The number of carbonyl (C=O) groups excluding carboxylic acids is 1. The van der Waals surface area contributed by atoms with E-state index in [9.17, 15) is 4.79 Å². The summed E-state index contributed by atoms with van der Waals surface area (Å²) in [6, 6.07) is 7.81. The van der Waals surface area contributed by atoms with Gasteiger partial charge in [-0.3, -0.25) is 9.89 Å². The van der Waals surface area contributed by atoms with Crippen LogP contribution in [0.1, 0.15) is 26.2 Å². The Kier molecular flexibility index (Phi) is 5.57. The first-order valence-corrected chi connectivity index (χ1v) is 8.52. The molecule has 9 nitrogen and oxygen atoms in total. The van der Waals surface area contributed by atoms with Crippen molar-refractivity contribution < 1.29 is 9.32 Å². The van der Waals surface area contributed by atoms with Crippen molar-refractivity contribution in [3.05, 3.63) is 36.5 Å². The fraction of sp³-hybridized carbons (Fsp3) is 0.353. The predicted octanol–water partition coefficient (Wildman–Crippen LogP) is 2.27. The molecule has 2 heterocycles. The van der Waals surface area contributed by atoms with Crippen molar-refractivity contribution in [3.63, 3.8) is 0 Å². The summed E-state index contributed by atoms with van der Waals surface area (Å²) in [6.45, 7) is 6.12. The number of nitrogens with zero attached hydrogens (tertiary/aromatic N) is 5. The molecule has 0 saturated carbocycles. The van der Waals surface area contributed by atoms with Crippen LogP contribution < -0.4 is 10.2 Å². The van der Waals surface area contributed by atoms with Gasteiger partial charge >= 0.3 is 0 Å². The molecule has 0 unspecified atom stereocenters. The minimum Gasteiger partial charge on any atom is -0.372 e. The average molecular weight is 355 g/mol. The van der Waals surface area contributed by atoms with Gasteiger partial charge in [-0.1, -0.05) is 5.16 Å². The number of H-pyrrole nitrogens is 1. The van der Waals surface area contributed by atoms with E-state index in [-0.39, 0.29) is 12.3 Å². The van der Waals surface area contributed by atoms with Gasteiger partial charge in [0.25, 0.3) is 0 Å². The molecule has 3 rings (SSSR count). The lowest BCUT2D eigenvalue weighted by atomic mass is 10.2. The molecule has 0 spiro atoms. The molecule has 2 aromatic heterocycles. The number of carbonyl (C=O) groups is 1. The second-order valence-corrected chi connectivity index (χ2v) is 5.61. The summed E-state index contributed by atoms with van der Waals surface area (Å²) in [6.07, 6.45) is 1.96. The molecule has 0 aliphatic rings. The van der Waals surface area contributed by atoms with E-state index in [0.717, 1.165) is 24.5 Å². The van der Waals surface area contributed by atoms with Gasteiger partial charge in [0.2, 0.25) is 17.6 Å². The molecule has 3 aromatic rings. The van der Waals surface area contributed by atoms with E-state index in [1.54, 1.807) is 0 Å². The van der Waals surface area contributed by atoms with Crippen molar-refractivity contribution in [2.45, 2.75) is 26.7 Å². The second kappa shape index (κ2) is 8.24. The van der Waals surface area contributed by atoms with Crippen molar-refractivity contribution in [1.82, 2.24) is 25.3 Å². The monoisotopic (exact) mass is 355 g/mol. The Morgan fingerprint density at radius 2 is 2.00 bits per heavy atom. The molecule has 0 aliphatic carbocycles. The van der Waals surface area contributed by atoms with Gasteiger partial charge in [0.1, 0.15) is 6.33 Å². The third-order valence-electron chi connectivity index (χ3n) is 3.94. The van der Waals surface area contributed by atoms with Crippen LogP contribution in [0.2, 0.25) is 0 Å². The van der Waals surface area contributed by atoms with Crippen LogP contribution in [0.3, 0.4) is 0 Å². The Bertz CT molecular complexity index is 823. The molecule has 136 valence electrons. The highest BCUT2D eigenvalue weighted by molar-refractivity contribution is 5.90. The van der Waals surface area contributed by atoms with Crippen LogP contribution in [0.4, 0.5) is 11.4 Å². The van der Waals surface area contributed by atoms with Crippen LogP contribution in [0, 0.1) is 0 Å². The van der Waals surface area contributed by atoms with Gasteiger partial charge in [0.15, 0.2) is 5.82 Å². The van der Waals surface area contributed by atoms with Gasteiger partial charge in [0, 0.05) is 37.3 Å². The molecule has 0 atom stereocenters. The fourth-order valence-corrected chi connectivity index (χ4v) is 2.55. The van der Waals surface area contributed by atoms with Crippen molar-refractivity contribution in [3.8, 4) is 11.6 Å². The highest BCUT2D eigenvalue weighted by Crippen LogP contribution is 2.18. The standard InChI is InChI=1S/C17H21N7O2/c1-3-24(4-2)13-7-5-12(6-8-13)20-14(25)9-10-15-21-17(23-26-15)16-18-11-19-22-16/h5-8,11H,3-4,9-10H2,1-2H3,(H,20,25)(H,18,19,22). The van der Waals surface area contributed by atoms with E-state index in [1.807, 2.05) is 24.3 Å². The summed E-state index contributed by atoms with van der Waals surface area (Å²) in [5.74, 6) is 1.02. The van der Waals surface area contributed by atoms with E-state index in [0.29, 0.717) is 24.0 Å². The Balaban J connectivity index is 1.51. The number of hydrogen-bond acceptors (Lipinski definition) is 7. The SMILES string of the molecule is CCN(CC)c1ccc(NC(=O)CCc2nc(-c3ncn[nH]3)no2)cc1. The number of aryl methyl sites for hydroxylation is 1. The topological polar surface area (TPSA) is 113 Å². The number of aromatic amines is 1. The summed E-state index contributed by atoms with van der Waals surface area (Å²) in [7, 11) is 0. The maximum atomic E-state index is 12.1. The lowest BCUT2D eigenvalue weighted by Gasteiger charge is -2.21. The summed E-state index contributed by atoms with van der Waals surface area (Å²) >= 11 is 0. The van der Waals surface area contributed by atoms with E-state index in [2.05, 4.69) is 49.4 Å². The van der Waals surface area contributed by atoms with Crippen molar-refractivity contribution >= 4 is 17.3 Å². The number of nitrogens with one attached hydrogen (secondary N) is 2. The highest BCUT2D eigenvalue weighted by atomic mass is 16.5. The number of anilines is 2. The first-order valence-electron chi connectivity index (χ1n) is 8.52. The van der Waals surface area contributed by atoms with E-state index >= 15 is 0 Å². The molecule has 26 heavy (non-hydrogen) atoms. The van der Waals surface area contributed by atoms with Gasteiger partial charge in [-0.15, -0.1) is 0 Å². The molecule has 9 heteroatoms. The van der Waals surface area contributed by atoms with E-state index in [1.165, 1.54) is 6.33 Å². The van der Waals surface area contributed by atoms with Crippen LogP contribution in [-0.2, 0) is 11.2 Å². The smallest absolute Gasteiger partial charge is 0.239 e. The maximum Gasteiger partial charge on any atom is 0.239 e. The van der Waals surface area contributed by atoms with Gasteiger partial charge in [0.05, 0.1) is 0 Å². The van der Waals surface area contributed by atoms with Crippen molar-refractivity contribution in [2.75, 3.05) is 23.3 Å². The largest absolute Gasteiger partial charge is 0.372 e. The van der Waals surface area contributed by atoms with Crippen LogP contribution in [0.15, 0.2) is 35.1 Å². The van der Waals surface area contributed by atoms with E-state index in [4.69, 9.17) is 4.52 Å². The normalized spacial score (nSPS) is 10.7. The zero-order valence-corrected chi connectivity index (χ0v) is 14.8. The average Bonchev–Trinajstić information content (AvgIpc) is 3.34. The number of amides is 1. The minimum absolute atomic E-state index is 0.111. The third kappa shape index (κ3) is 4.24. The molecule has 0 radical (unpaired) electrons. The molecule has 1 aromatic carbocycles. The lowest BCUT2D eigenvalue weighted by molar-refractivity contribution is -0.116. The zero-order valence-electron chi connectivity index (χ0n) is 14.8. The zero-order chi connectivity index (χ0) is 18.4. The third-order valence-corrected chi connectivity index (χ3v) is 3.94. The maximum absolute atomic E-state index is 12.1. The molecule has 0 fully saturated rings. The Hall–Kier alpha value is -3.23. The Morgan fingerprint density at radius 3 is 2.65 bits per heavy atom. The van der Waals surface area contributed by atoms with Gasteiger partial charge in [-0.05, 0) is 38.1 Å². The second-order valence-electron chi connectivity index (χ2n) is 5.61. The first kappa shape index (κ1) is 17.6. The van der Waals surface area contributed by atoms with Crippen LogP contribution in [0.25, 0.3) is 11.6 Å². The van der Waals surface area contributed by atoms with Gasteiger partial charge in [-0.2, -0.15) is 10.1 Å². The quantitative estimate of drug-likeness (QED) is 0.637. The fourth-order valence-electron chi connectivity index (χ4n) is 2.55. The predicted molar refractivity (Wildman–Crippen MR) is 96.6 cm³/mol. The molecular formula is C17H21N7O2. The lowest BCUT2D eigenvalue weighted by Crippen LogP contribution is -2.21. The Labute approximate surface area is 150 Å². The van der Waals surface area contributed by atoms with Crippen LogP contribution >= 0.6 is 0 Å². The van der Waals surface area contributed by atoms with Crippen molar-refractivity contribution in [1.29, 1.82) is 0 Å². The molecular weight excluding hydrogens is 334 g/mol. The number of rotatable bonds is 8. The number of benzene rings is 1. The summed E-state index contributed by atoms with van der Waals surface area (Å²) in [5.41, 5.74) is 1.90. The molecule has 0 bridgehead atoms. The number of hydrogen-bond donors (Lipinski definition) is 2. The van der Waals surface area contributed by atoms with Gasteiger partial charge in [-0.25, -0.2) is 4.98 Å². The minimum atomic E-state index is -0.111. The molecule has 0 saturated heterocycles. The molecule has 2 N–H and O–H groups in total. The number of aromatic nitrogens is 5. The van der Waals surface area contributed by atoms with Crippen LogP contribution in [0.5, 0.6) is 0 Å².